The van der Waals surface area contributed by atoms with Gasteiger partial charge in [0.15, 0.2) is 0 Å². The van der Waals surface area contributed by atoms with E-state index >= 15 is 0 Å². The summed E-state index contributed by atoms with van der Waals surface area (Å²) >= 11 is 0. The van der Waals surface area contributed by atoms with Crippen LogP contribution in [0.1, 0.15) is 30.1 Å². The molecular weight excluding hydrogens is 321 g/mol. The third kappa shape index (κ3) is 3.80. The fourth-order valence-corrected chi connectivity index (χ4v) is 3.01. The number of halogens is 3. The Morgan fingerprint density at radius 2 is 2.25 bits per heavy atom. The third-order valence-electron chi connectivity index (χ3n) is 4.19. The zero-order valence-electron chi connectivity index (χ0n) is 13.3. The second-order valence-electron chi connectivity index (χ2n) is 6.20. The maximum atomic E-state index is 12.2. The van der Waals surface area contributed by atoms with Gasteiger partial charge in [0.1, 0.15) is 12.4 Å². The van der Waals surface area contributed by atoms with Gasteiger partial charge < -0.3 is 15.2 Å². The van der Waals surface area contributed by atoms with Crippen LogP contribution in [0, 0.1) is 6.92 Å². The van der Waals surface area contributed by atoms with Crippen molar-refractivity contribution in [3.63, 3.8) is 0 Å². The van der Waals surface area contributed by atoms with Gasteiger partial charge in [0.2, 0.25) is 0 Å². The highest BCUT2D eigenvalue weighted by Gasteiger charge is 2.31. The highest BCUT2D eigenvalue weighted by Crippen LogP contribution is 2.27. The number of piperidine rings is 1. The lowest BCUT2D eigenvalue weighted by Crippen LogP contribution is -2.47. The molecule has 1 saturated heterocycles. The van der Waals surface area contributed by atoms with Crippen molar-refractivity contribution in [1.29, 1.82) is 0 Å². The van der Waals surface area contributed by atoms with E-state index in [4.69, 9.17) is 0 Å². The van der Waals surface area contributed by atoms with E-state index in [1.54, 1.807) is 0 Å². The highest BCUT2D eigenvalue weighted by atomic mass is 19.4. The summed E-state index contributed by atoms with van der Waals surface area (Å²) in [6.45, 7) is 1.51. The molecule has 2 aromatic rings. The van der Waals surface area contributed by atoms with Crippen molar-refractivity contribution in [2.75, 3.05) is 19.6 Å². The first kappa shape index (κ1) is 16.6. The van der Waals surface area contributed by atoms with Crippen LogP contribution in [0.5, 0.6) is 0 Å². The molecule has 1 aliphatic rings. The summed E-state index contributed by atoms with van der Waals surface area (Å²) in [5.41, 5.74) is 2.91. The maximum absolute atomic E-state index is 12.2. The van der Waals surface area contributed by atoms with E-state index in [1.165, 1.54) is 4.90 Å². The molecule has 24 heavy (non-hydrogen) atoms. The van der Waals surface area contributed by atoms with Gasteiger partial charge in [0.05, 0.1) is 11.0 Å². The molecule has 0 aliphatic carbocycles. The van der Waals surface area contributed by atoms with Gasteiger partial charge in [-0.3, -0.25) is 0 Å². The monoisotopic (exact) mass is 340 g/mol. The molecule has 0 spiro atoms. The molecule has 2 amide bonds. The molecule has 0 bridgehead atoms. The Bertz CT molecular complexity index is 740. The Hall–Kier alpha value is -2.25. The molecule has 2 heterocycles. The van der Waals surface area contributed by atoms with Crippen molar-refractivity contribution in [3.8, 4) is 0 Å². The largest absolute Gasteiger partial charge is 0.405 e. The number of aromatic nitrogens is 2. The number of H-pyrrole nitrogens is 1. The number of carbonyl (C=O) groups is 1. The number of nitrogens with zero attached hydrogens (tertiary/aromatic N) is 2. The van der Waals surface area contributed by atoms with Crippen LogP contribution in [0.4, 0.5) is 18.0 Å². The van der Waals surface area contributed by atoms with Gasteiger partial charge in [-0.1, -0.05) is 6.07 Å². The Morgan fingerprint density at radius 3 is 3.00 bits per heavy atom. The van der Waals surface area contributed by atoms with Gasteiger partial charge in [0.25, 0.3) is 0 Å². The molecule has 8 heteroatoms. The number of nitrogens with one attached hydrogen (secondary N) is 2. The summed E-state index contributed by atoms with van der Waals surface area (Å²) in [4.78, 5) is 21.2. The molecule has 130 valence electrons. The molecule has 5 nitrogen and oxygen atoms in total. The van der Waals surface area contributed by atoms with E-state index in [2.05, 4.69) is 9.97 Å². The topological polar surface area (TPSA) is 61.0 Å². The number of imidazole rings is 1. The average molecular weight is 340 g/mol. The van der Waals surface area contributed by atoms with Crippen LogP contribution < -0.4 is 5.32 Å². The number of hydrogen-bond donors (Lipinski definition) is 2. The summed E-state index contributed by atoms with van der Waals surface area (Å²) in [6.07, 6.45) is -2.82. The van der Waals surface area contributed by atoms with Crippen molar-refractivity contribution < 1.29 is 18.0 Å². The second kappa shape index (κ2) is 6.33. The normalized spacial score (nSPS) is 18.8. The summed E-state index contributed by atoms with van der Waals surface area (Å²) in [6, 6.07) is 5.23. The number of carbonyl (C=O) groups excluding carboxylic acids is 1. The summed E-state index contributed by atoms with van der Waals surface area (Å²) in [5, 5.41) is 1.93. The van der Waals surface area contributed by atoms with Gasteiger partial charge in [-0.2, -0.15) is 13.2 Å². The molecule has 1 fully saturated rings. The quantitative estimate of drug-likeness (QED) is 0.881. The third-order valence-corrected chi connectivity index (χ3v) is 4.19. The number of urea groups is 1. The van der Waals surface area contributed by atoms with E-state index in [0.717, 1.165) is 35.3 Å². The number of hydrogen-bond acceptors (Lipinski definition) is 2. The molecule has 0 radical (unpaired) electrons. The van der Waals surface area contributed by atoms with Gasteiger partial charge >= 0.3 is 12.2 Å². The summed E-state index contributed by atoms with van der Waals surface area (Å²) in [5.74, 6) is 0.784. The molecule has 0 saturated carbocycles. The molecular formula is C16H19F3N4O. The van der Waals surface area contributed by atoms with Crippen LogP contribution in [-0.2, 0) is 0 Å². The Kier molecular flexibility index (Phi) is 4.38. The smallest absolute Gasteiger partial charge is 0.342 e. The van der Waals surface area contributed by atoms with Crippen LogP contribution >= 0.6 is 0 Å². The minimum Gasteiger partial charge on any atom is -0.342 e. The number of amides is 2. The van der Waals surface area contributed by atoms with Crippen LogP contribution in [0.15, 0.2) is 18.2 Å². The number of likely N-dealkylation sites (tertiary alicyclic amines) is 1. The lowest BCUT2D eigenvalue weighted by molar-refractivity contribution is -0.123. The van der Waals surface area contributed by atoms with Crippen molar-refractivity contribution in [2.24, 2.45) is 0 Å². The molecule has 1 unspecified atom stereocenters. The molecule has 2 N–H and O–H groups in total. The Morgan fingerprint density at radius 1 is 1.46 bits per heavy atom. The molecule has 1 aromatic carbocycles. The van der Waals surface area contributed by atoms with Gasteiger partial charge in [0, 0.05) is 19.0 Å². The Labute approximate surface area is 137 Å². The number of aryl methyl sites for hydroxylation is 1. The first-order chi connectivity index (χ1) is 11.3. The van der Waals surface area contributed by atoms with Crippen molar-refractivity contribution in [1.82, 2.24) is 20.2 Å². The van der Waals surface area contributed by atoms with Crippen molar-refractivity contribution in [2.45, 2.75) is 31.9 Å². The zero-order chi connectivity index (χ0) is 17.3. The summed E-state index contributed by atoms with van der Waals surface area (Å²) in [7, 11) is 0. The maximum Gasteiger partial charge on any atom is 0.405 e. The fourth-order valence-electron chi connectivity index (χ4n) is 3.01. The highest BCUT2D eigenvalue weighted by molar-refractivity contribution is 5.76. The number of fused-ring (bicyclic) bond motifs is 1. The lowest BCUT2D eigenvalue weighted by Gasteiger charge is -2.32. The molecule has 1 atom stereocenters. The van der Waals surface area contributed by atoms with Gasteiger partial charge in [-0.25, -0.2) is 9.78 Å². The Balaban J connectivity index is 1.69. The molecule has 1 aliphatic heterocycles. The first-order valence-corrected chi connectivity index (χ1v) is 7.87. The van der Waals surface area contributed by atoms with E-state index in [-0.39, 0.29) is 5.92 Å². The molecule has 1 aromatic heterocycles. The van der Waals surface area contributed by atoms with E-state index in [9.17, 15) is 18.0 Å². The average Bonchev–Trinajstić information content (AvgIpc) is 2.95. The van der Waals surface area contributed by atoms with Crippen LogP contribution in [0.25, 0.3) is 11.0 Å². The van der Waals surface area contributed by atoms with Crippen LogP contribution in [-0.4, -0.2) is 46.7 Å². The van der Waals surface area contributed by atoms with E-state index in [1.807, 2.05) is 30.4 Å². The number of aromatic amines is 1. The van der Waals surface area contributed by atoms with Crippen LogP contribution in [0.3, 0.4) is 0 Å². The molecule has 3 rings (SSSR count). The predicted molar refractivity (Wildman–Crippen MR) is 83.8 cm³/mol. The predicted octanol–water partition coefficient (Wildman–Crippen LogP) is 3.32. The van der Waals surface area contributed by atoms with Gasteiger partial charge in [-0.05, 0) is 37.5 Å². The number of rotatable bonds is 2. The van der Waals surface area contributed by atoms with Crippen molar-refractivity contribution >= 4 is 17.1 Å². The minimum absolute atomic E-state index is 0.00286. The second-order valence-corrected chi connectivity index (χ2v) is 6.20. The first-order valence-electron chi connectivity index (χ1n) is 7.87. The zero-order valence-corrected chi connectivity index (χ0v) is 13.3. The number of alkyl halides is 3. The number of benzene rings is 1. The standard InChI is InChI=1S/C16H19F3N4O/c1-10-4-5-12-13(7-10)22-14(21-12)11-3-2-6-23(8-11)15(24)20-9-16(17,18)19/h4-5,7,11H,2-3,6,8-9H2,1H3,(H,20,24)(H,21,22). The lowest BCUT2D eigenvalue weighted by atomic mass is 9.97. The van der Waals surface area contributed by atoms with Crippen molar-refractivity contribution in [3.05, 3.63) is 29.6 Å². The summed E-state index contributed by atoms with van der Waals surface area (Å²) < 4.78 is 36.7. The van der Waals surface area contributed by atoms with E-state index in [0.29, 0.717) is 13.1 Å². The van der Waals surface area contributed by atoms with Crippen LogP contribution in [0.2, 0.25) is 0 Å². The SMILES string of the molecule is Cc1ccc2nc(C3CCCN(C(=O)NCC(F)(F)F)C3)[nH]c2c1. The van der Waals surface area contributed by atoms with Gasteiger partial charge in [-0.15, -0.1) is 0 Å². The van der Waals surface area contributed by atoms with E-state index < -0.39 is 18.8 Å². The minimum atomic E-state index is -4.40. The fraction of sp³-hybridized carbons (Fsp3) is 0.500.